The van der Waals surface area contributed by atoms with Crippen LogP contribution in [0.4, 0.5) is 0 Å². The molecule has 4 fully saturated rings. The van der Waals surface area contributed by atoms with Crippen molar-refractivity contribution in [3.8, 4) is 0 Å². The summed E-state index contributed by atoms with van der Waals surface area (Å²) >= 11 is 1.92. The van der Waals surface area contributed by atoms with Crippen molar-refractivity contribution in [2.24, 2.45) is 59.2 Å². The highest BCUT2D eigenvalue weighted by Gasteiger charge is 2.25. The molecule has 0 bridgehead atoms. The minimum absolute atomic E-state index is 0.000607. The lowest BCUT2D eigenvalue weighted by molar-refractivity contribution is -0.154. The molecule has 78 heavy (non-hydrogen) atoms. The molecule has 4 rings (SSSR count). The van der Waals surface area contributed by atoms with Crippen LogP contribution in [-0.4, -0.2) is 145 Å². The number of hydrogen-bond acceptors (Lipinski definition) is 15. The van der Waals surface area contributed by atoms with E-state index in [1.165, 1.54) is 94.9 Å². The van der Waals surface area contributed by atoms with Crippen LogP contribution in [0.25, 0.3) is 0 Å². The minimum Gasteiger partial charge on any atom is -0.465 e. The van der Waals surface area contributed by atoms with E-state index < -0.39 is 17.9 Å². The Labute approximate surface area is 476 Å². The fraction of sp³-hybridized carbons (Fsp3) is 0.887. The van der Waals surface area contributed by atoms with E-state index in [1.54, 1.807) is 0 Å². The summed E-state index contributed by atoms with van der Waals surface area (Å²) in [6.45, 7) is 10.5. The molecule has 0 aromatic carbocycles. The second kappa shape index (κ2) is 44.4. The normalized spacial score (nSPS) is 23.9. The third-order valence-electron chi connectivity index (χ3n) is 16.6. The fourth-order valence-corrected chi connectivity index (χ4v) is 11.3. The number of carbonyl (C=O) groups excluding carboxylic acids is 7. The average Bonchev–Trinajstić information content (AvgIpc) is 3.43. The maximum Gasteiger partial charge on any atom is 0.307 e. The van der Waals surface area contributed by atoms with Crippen molar-refractivity contribution in [3.63, 3.8) is 0 Å². The maximum absolute atomic E-state index is 12.7. The zero-order valence-corrected chi connectivity index (χ0v) is 51.0. The van der Waals surface area contributed by atoms with Gasteiger partial charge in [-0.3, -0.25) is 28.8 Å². The van der Waals surface area contributed by atoms with Crippen molar-refractivity contribution >= 4 is 54.3 Å². The van der Waals surface area contributed by atoms with Gasteiger partial charge < -0.3 is 43.0 Å². The number of aldehydes is 1. The summed E-state index contributed by atoms with van der Waals surface area (Å²) in [5.74, 6) is 4.08. The molecule has 1 unspecified atom stereocenters. The summed E-state index contributed by atoms with van der Waals surface area (Å²) in [6.07, 6.45) is 29.7. The van der Waals surface area contributed by atoms with Crippen LogP contribution in [0.3, 0.4) is 0 Å². The predicted octanol–water partition coefficient (Wildman–Crippen LogP) is 11.7. The van der Waals surface area contributed by atoms with Crippen LogP contribution in [0.1, 0.15) is 201 Å². The van der Waals surface area contributed by atoms with Crippen LogP contribution < -0.4 is 0 Å². The second-order valence-electron chi connectivity index (χ2n) is 24.3. The summed E-state index contributed by atoms with van der Waals surface area (Å²) < 4.78 is 32.7. The average molecular weight is 1120 g/mol. The monoisotopic (exact) mass is 1120 g/mol. The number of hydrogen-bond donors (Lipinski definition) is 0. The van der Waals surface area contributed by atoms with Gasteiger partial charge in [-0.05, 0) is 112 Å². The first kappa shape index (κ1) is 70.9. The Balaban J connectivity index is 0.000000915. The summed E-state index contributed by atoms with van der Waals surface area (Å²) in [6, 6.07) is 0. The lowest BCUT2D eigenvalue weighted by atomic mass is 9.81. The molecule has 0 aromatic heterocycles. The maximum atomic E-state index is 12.7. The second-order valence-corrected chi connectivity index (χ2v) is 25.2. The highest BCUT2D eigenvalue weighted by molar-refractivity contribution is 7.98. The molecule has 15 nitrogen and oxygen atoms in total. The molecule has 4 aliphatic carbocycles. The number of nitrogens with zero attached hydrogens (tertiary/aromatic N) is 2. The molecule has 4 aliphatic rings. The highest BCUT2D eigenvalue weighted by Crippen LogP contribution is 2.34. The summed E-state index contributed by atoms with van der Waals surface area (Å²) in [7, 11) is 5.75. The standard InChI is InChI=1S/C46H77NO12.C10H18O.C6H15NS/c1-34-5-11-37(12-6-34)17-20-42(49)55-28-40(27-54-4)29-58-45(52)23-25-47(33-48)26-24-46(53)59-32-41(30-56-43(50)21-18-38-13-7-35(2)8-14-38)31-57-44(51)22-19-39-15-9-36(3)10-16-39;1-9-4-6-10(7-5-9)3-2-8-11;1-7(2)5-4-6-8-3/h33-41H,5-32H2,1-4H3;8-10H,2-7H2,1H3;4-6H2,1-3H3. The molecule has 0 saturated heterocycles. The Bertz CT molecular complexity index is 1560. The Morgan fingerprint density at radius 3 is 1.05 bits per heavy atom. The van der Waals surface area contributed by atoms with Gasteiger partial charge in [0.05, 0.1) is 44.5 Å². The van der Waals surface area contributed by atoms with E-state index in [1.807, 2.05) is 11.8 Å². The molecule has 1 atom stereocenters. The van der Waals surface area contributed by atoms with E-state index >= 15 is 0 Å². The van der Waals surface area contributed by atoms with Crippen LogP contribution in [-0.2, 0) is 62.0 Å². The Morgan fingerprint density at radius 1 is 0.462 bits per heavy atom. The molecule has 0 radical (unpaired) electrons. The van der Waals surface area contributed by atoms with Crippen LogP contribution >= 0.6 is 11.8 Å². The van der Waals surface area contributed by atoms with Gasteiger partial charge in [-0.1, -0.05) is 130 Å². The van der Waals surface area contributed by atoms with Crippen LogP contribution in [0.5, 0.6) is 0 Å². The molecule has 0 aromatic rings. The lowest BCUT2D eigenvalue weighted by Crippen LogP contribution is -2.30. The van der Waals surface area contributed by atoms with Crippen molar-refractivity contribution in [1.82, 2.24) is 9.80 Å². The minimum atomic E-state index is -0.578. The van der Waals surface area contributed by atoms with Crippen LogP contribution in [0.15, 0.2) is 0 Å². The lowest BCUT2D eigenvalue weighted by Gasteiger charge is -2.26. The van der Waals surface area contributed by atoms with Gasteiger partial charge in [0.2, 0.25) is 6.41 Å². The van der Waals surface area contributed by atoms with Crippen molar-refractivity contribution in [1.29, 1.82) is 0 Å². The molecule has 1 amide bonds. The Hall–Kier alpha value is -3.24. The Kier molecular flexibility index (Phi) is 40.4. The van der Waals surface area contributed by atoms with E-state index in [9.17, 15) is 33.6 Å². The van der Waals surface area contributed by atoms with E-state index in [4.69, 9.17) is 28.4 Å². The van der Waals surface area contributed by atoms with Gasteiger partial charge in [0.1, 0.15) is 26.1 Å². The highest BCUT2D eigenvalue weighted by atomic mass is 32.2. The number of ether oxygens (including phenoxy) is 6. The van der Waals surface area contributed by atoms with Gasteiger partial charge in [-0.15, -0.1) is 0 Å². The molecule has 0 aliphatic heterocycles. The van der Waals surface area contributed by atoms with Gasteiger partial charge in [0, 0.05) is 45.9 Å². The van der Waals surface area contributed by atoms with E-state index in [0.29, 0.717) is 43.4 Å². The number of esters is 5. The quantitative estimate of drug-likeness (QED) is 0.0253. The molecular formula is C62H110N2O13S. The number of thioether (sulfide) groups is 1. The van der Waals surface area contributed by atoms with Crippen LogP contribution in [0, 0.1) is 59.2 Å². The van der Waals surface area contributed by atoms with Gasteiger partial charge in [0.15, 0.2) is 0 Å². The van der Waals surface area contributed by atoms with Crippen LogP contribution in [0.2, 0.25) is 0 Å². The predicted molar refractivity (Wildman–Crippen MR) is 310 cm³/mol. The number of rotatable bonds is 35. The molecule has 452 valence electrons. The first-order valence-corrected chi connectivity index (χ1v) is 31.9. The number of carbonyl (C=O) groups is 7. The summed E-state index contributed by atoms with van der Waals surface area (Å²) in [4.78, 5) is 88.3. The van der Waals surface area contributed by atoms with Gasteiger partial charge in [-0.2, -0.15) is 11.8 Å². The van der Waals surface area contributed by atoms with Gasteiger partial charge in [0.25, 0.3) is 0 Å². The van der Waals surface area contributed by atoms with Crippen molar-refractivity contribution in [2.45, 2.75) is 201 Å². The molecule has 0 heterocycles. The molecule has 0 spiro atoms. The first-order chi connectivity index (χ1) is 37.5. The zero-order valence-electron chi connectivity index (χ0n) is 50.2. The van der Waals surface area contributed by atoms with Gasteiger partial charge in [-0.25, -0.2) is 0 Å². The molecule has 16 heteroatoms. The topological polar surface area (TPSA) is 181 Å². The largest absolute Gasteiger partial charge is 0.465 e. The van der Waals surface area contributed by atoms with Gasteiger partial charge >= 0.3 is 29.8 Å². The summed E-state index contributed by atoms with van der Waals surface area (Å²) in [5.41, 5.74) is 0. The molecule has 4 saturated carbocycles. The molecule has 0 N–H and O–H groups in total. The fourth-order valence-electron chi connectivity index (χ4n) is 10.9. The molecular weight excluding hydrogens is 1010 g/mol. The van der Waals surface area contributed by atoms with E-state index in [2.05, 4.69) is 52.9 Å². The van der Waals surface area contributed by atoms with Crippen molar-refractivity contribution in [2.75, 3.05) is 92.5 Å². The number of amides is 1. The smallest absolute Gasteiger partial charge is 0.307 e. The van der Waals surface area contributed by atoms with E-state index in [0.717, 1.165) is 107 Å². The number of methoxy groups -OCH3 is 1. The van der Waals surface area contributed by atoms with Crippen molar-refractivity contribution < 1.29 is 62.0 Å². The zero-order chi connectivity index (χ0) is 57.3. The van der Waals surface area contributed by atoms with E-state index in [-0.39, 0.29) is 89.4 Å². The summed E-state index contributed by atoms with van der Waals surface area (Å²) in [5, 5.41) is 0. The Morgan fingerprint density at radius 2 is 0.769 bits per heavy atom. The third kappa shape index (κ3) is 36.9. The van der Waals surface area contributed by atoms with Crippen molar-refractivity contribution in [3.05, 3.63) is 0 Å². The SMILES string of the molecule is CC1CCC(CCC=O)CC1.COCC(COC(=O)CCC1CCC(C)CC1)COC(=O)CCN(C=O)CCC(=O)OCC(COC(=O)CCC1CCC(C)CC1)COC(=O)CCC1CCC(C)CC1.CSCCCN(C)C. The first-order valence-electron chi connectivity index (χ1n) is 30.6. The third-order valence-corrected chi connectivity index (χ3v) is 17.3.